The van der Waals surface area contributed by atoms with E-state index < -0.39 is 11.8 Å². The van der Waals surface area contributed by atoms with Gasteiger partial charge in [0.05, 0.1) is 13.2 Å². The molecule has 0 aliphatic carbocycles. The molecule has 1 aliphatic rings. The Kier molecular flexibility index (Phi) is 7.38. The molecule has 22 heavy (non-hydrogen) atoms. The third-order valence-electron chi connectivity index (χ3n) is 3.21. The molecule has 1 rings (SSSR count). The molecule has 0 spiro atoms. The van der Waals surface area contributed by atoms with Gasteiger partial charge in [0.25, 0.3) is 0 Å². The van der Waals surface area contributed by atoms with E-state index in [1.807, 2.05) is 13.8 Å². The van der Waals surface area contributed by atoms with Crippen molar-refractivity contribution in [3.05, 3.63) is 11.8 Å². The summed E-state index contributed by atoms with van der Waals surface area (Å²) >= 11 is 0. The molecule has 124 valence electrons. The molecule has 0 saturated carbocycles. The minimum atomic E-state index is -0.767. The number of nitrogens with one attached hydrogen (secondary N) is 3. The number of rotatable bonds is 5. The number of carbonyl (C=O) groups excluding carboxylic acids is 3. The molecule has 0 aromatic carbocycles. The molecule has 1 fully saturated rings. The summed E-state index contributed by atoms with van der Waals surface area (Å²) in [6.07, 6.45) is 2.16. The average Bonchev–Trinajstić information content (AvgIpc) is 2.52. The van der Waals surface area contributed by atoms with Gasteiger partial charge in [-0.25, -0.2) is 0 Å². The molecule has 1 saturated heterocycles. The number of ether oxygens (including phenoxy) is 1. The maximum atomic E-state index is 11.8. The molecule has 1 heterocycles. The Morgan fingerprint density at radius 1 is 1.23 bits per heavy atom. The van der Waals surface area contributed by atoms with Crippen molar-refractivity contribution in [1.29, 1.82) is 0 Å². The van der Waals surface area contributed by atoms with Gasteiger partial charge in [-0.1, -0.05) is 6.92 Å². The monoisotopic (exact) mass is 312 g/mol. The molecule has 0 aromatic rings. The minimum Gasteiger partial charge on any atom is -0.378 e. The first-order valence-corrected chi connectivity index (χ1v) is 7.35. The van der Waals surface area contributed by atoms with Crippen LogP contribution in [0.25, 0.3) is 0 Å². The Bertz CT molecular complexity index is 444. The van der Waals surface area contributed by atoms with E-state index in [2.05, 4.69) is 16.2 Å². The predicted octanol–water partition coefficient (Wildman–Crippen LogP) is -0.715. The van der Waals surface area contributed by atoms with Crippen LogP contribution in [-0.2, 0) is 19.1 Å². The van der Waals surface area contributed by atoms with Gasteiger partial charge in [-0.3, -0.25) is 19.8 Å². The number of carbonyl (C=O) groups is 3. The Morgan fingerprint density at radius 2 is 1.86 bits per heavy atom. The van der Waals surface area contributed by atoms with Crippen molar-refractivity contribution in [1.82, 2.24) is 21.1 Å². The number of allylic oxidation sites excluding steroid dienone is 1. The van der Waals surface area contributed by atoms with Crippen molar-refractivity contribution in [2.75, 3.05) is 26.3 Å². The van der Waals surface area contributed by atoms with Crippen LogP contribution in [0, 0.1) is 0 Å². The first-order chi connectivity index (χ1) is 10.4. The van der Waals surface area contributed by atoms with Gasteiger partial charge in [0.1, 0.15) is 0 Å². The predicted molar refractivity (Wildman–Crippen MR) is 80.3 cm³/mol. The molecular formula is C14H24N4O4. The lowest BCUT2D eigenvalue weighted by molar-refractivity contribution is -0.148. The van der Waals surface area contributed by atoms with E-state index in [1.165, 1.54) is 11.0 Å². The van der Waals surface area contributed by atoms with Gasteiger partial charge in [0.15, 0.2) is 0 Å². The minimum absolute atomic E-state index is 0.0778. The van der Waals surface area contributed by atoms with Gasteiger partial charge in [0, 0.05) is 30.9 Å². The van der Waals surface area contributed by atoms with Crippen molar-refractivity contribution in [2.24, 2.45) is 0 Å². The van der Waals surface area contributed by atoms with Gasteiger partial charge >= 0.3 is 11.8 Å². The highest BCUT2D eigenvalue weighted by molar-refractivity contribution is 6.34. The normalized spacial score (nSPS) is 16.7. The highest BCUT2D eigenvalue weighted by Crippen LogP contribution is 1.97. The Labute approximate surface area is 130 Å². The second-order valence-corrected chi connectivity index (χ2v) is 5.13. The van der Waals surface area contributed by atoms with Crippen molar-refractivity contribution in [3.8, 4) is 0 Å². The lowest BCUT2D eigenvalue weighted by Gasteiger charge is -2.26. The zero-order valence-electron chi connectivity index (χ0n) is 13.3. The Morgan fingerprint density at radius 3 is 2.45 bits per heavy atom. The lowest BCUT2D eigenvalue weighted by Crippen LogP contribution is -2.50. The van der Waals surface area contributed by atoms with Crippen LogP contribution in [0.3, 0.4) is 0 Å². The number of hydrogen-bond donors (Lipinski definition) is 3. The van der Waals surface area contributed by atoms with Crippen molar-refractivity contribution >= 4 is 17.7 Å². The first kappa shape index (κ1) is 18.0. The number of nitrogens with zero attached hydrogens (tertiary/aromatic N) is 1. The van der Waals surface area contributed by atoms with Crippen molar-refractivity contribution in [2.45, 2.75) is 33.2 Å². The van der Waals surface area contributed by atoms with Gasteiger partial charge in [-0.15, -0.1) is 0 Å². The summed E-state index contributed by atoms with van der Waals surface area (Å²) in [7, 11) is 0. The van der Waals surface area contributed by atoms with Crippen LogP contribution in [0.2, 0.25) is 0 Å². The molecule has 0 radical (unpaired) electrons. The van der Waals surface area contributed by atoms with E-state index in [-0.39, 0.29) is 11.9 Å². The van der Waals surface area contributed by atoms with E-state index in [1.54, 1.807) is 6.92 Å². The third-order valence-corrected chi connectivity index (χ3v) is 3.21. The van der Waals surface area contributed by atoms with Gasteiger partial charge in [0.2, 0.25) is 5.91 Å². The van der Waals surface area contributed by atoms with E-state index >= 15 is 0 Å². The third kappa shape index (κ3) is 6.13. The SMILES string of the molecule is CCC(C)NC(=O)C=C(C)NNC(=O)C(=O)N1CCOCC1. The molecule has 1 unspecified atom stereocenters. The van der Waals surface area contributed by atoms with E-state index in [0.29, 0.717) is 32.0 Å². The molecule has 8 heteroatoms. The van der Waals surface area contributed by atoms with Crippen molar-refractivity contribution in [3.63, 3.8) is 0 Å². The topological polar surface area (TPSA) is 99.8 Å². The van der Waals surface area contributed by atoms with Gasteiger partial charge in [-0.2, -0.15) is 0 Å². The molecule has 3 N–H and O–H groups in total. The summed E-state index contributed by atoms with van der Waals surface area (Å²) in [5.74, 6) is -1.64. The fraction of sp³-hybridized carbons (Fsp3) is 0.643. The maximum absolute atomic E-state index is 11.8. The number of hydrogen-bond acceptors (Lipinski definition) is 5. The van der Waals surface area contributed by atoms with Gasteiger partial charge in [-0.05, 0) is 20.3 Å². The maximum Gasteiger partial charge on any atom is 0.327 e. The van der Waals surface area contributed by atoms with Gasteiger partial charge < -0.3 is 20.4 Å². The fourth-order valence-corrected chi connectivity index (χ4v) is 1.74. The zero-order valence-corrected chi connectivity index (χ0v) is 13.3. The first-order valence-electron chi connectivity index (χ1n) is 7.35. The molecule has 1 aliphatic heterocycles. The number of morpholine rings is 1. The highest BCUT2D eigenvalue weighted by Gasteiger charge is 2.23. The largest absolute Gasteiger partial charge is 0.378 e. The molecule has 0 bridgehead atoms. The Balaban J connectivity index is 2.38. The average molecular weight is 312 g/mol. The summed E-state index contributed by atoms with van der Waals surface area (Å²) in [6, 6.07) is 0.0778. The summed E-state index contributed by atoms with van der Waals surface area (Å²) in [6.45, 7) is 7.16. The van der Waals surface area contributed by atoms with Crippen LogP contribution >= 0.6 is 0 Å². The van der Waals surface area contributed by atoms with Crippen LogP contribution < -0.4 is 16.2 Å². The Hall–Kier alpha value is -2.09. The summed E-state index contributed by atoms with van der Waals surface area (Å²) < 4.78 is 5.12. The van der Waals surface area contributed by atoms with Crippen LogP contribution in [-0.4, -0.2) is 55.0 Å². The fourth-order valence-electron chi connectivity index (χ4n) is 1.74. The summed E-state index contributed by atoms with van der Waals surface area (Å²) in [4.78, 5) is 36.6. The number of hydrazine groups is 1. The standard InChI is InChI=1S/C14H24N4O4/c1-4-10(2)15-12(19)9-11(3)16-17-13(20)14(21)18-5-7-22-8-6-18/h9-10,16H,4-8H2,1-3H3,(H,15,19)(H,17,20). The second-order valence-electron chi connectivity index (χ2n) is 5.13. The lowest BCUT2D eigenvalue weighted by atomic mass is 10.2. The summed E-state index contributed by atoms with van der Waals surface area (Å²) in [5, 5.41) is 2.77. The summed E-state index contributed by atoms with van der Waals surface area (Å²) in [5.41, 5.74) is 5.26. The van der Waals surface area contributed by atoms with Crippen LogP contribution in [0.1, 0.15) is 27.2 Å². The van der Waals surface area contributed by atoms with Crippen LogP contribution in [0.4, 0.5) is 0 Å². The molecule has 0 aromatic heterocycles. The van der Waals surface area contributed by atoms with Crippen molar-refractivity contribution < 1.29 is 19.1 Å². The van der Waals surface area contributed by atoms with E-state index in [9.17, 15) is 14.4 Å². The molecule has 1 atom stereocenters. The number of amides is 3. The zero-order chi connectivity index (χ0) is 16.5. The van der Waals surface area contributed by atoms with Crippen LogP contribution in [0.15, 0.2) is 11.8 Å². The second kappa shape index (κ2) is 9.04. The molecular weight excluding hydrogens is 288 g/mol. The van der Waals surface area contributed by atoms with E-state index in [0.717, 1.165) is 6.42 Å². The highest BCUT2D eigenvalue weighted by atomic mass is 16.5. The van der Waals surface area contributed by atoms with Crippen LogP contribution in [0.5, 0.6) is 0 Å². The smallest absolute Gasteiger partial charge is 0.327 e. The molecule has 3 amide bonds. The quantitative estimate of drug-likeness (QED) is 0.354. The molecule has 8 nitrogen and oxygen atoms in total. The van der Waals surface area contributed by atoms with E-state index in [4.69, 9.17) is 4.74 Å².